The molecule has 0 radical (unpaired) electrons. The topological polar surface area (TPSA) is 63.8 Å². The minimum atomic E-state index is -0.776. The van der Waals surface area contributed by atoms with Crippen LogP contribution in [0.2, 0.25) is 0 Å². The SMILES string of the molecule is CN=c1sc2cc(-c3cc(CCC(=O)O)ccc3OCC3CCCC3)ccc2n1C. The smallest absolute Gasteiger partial charge is 0.303 e. The summed E-state index contributed by atoms with van der Waals surface area (Å²) in [6.45, 7) is 0.747. The second kappa shape index (κ2) is 9.04. The van der Waals surface area contributed by atoms with Crippen molar-refractivity contribution in [2.24, 2.45) is 18.0 Å². The molecule has 0 atom stereocenters. The fourth-order valence-corrected chi connectivity index (χ4v) is 5.24. The highest BCUT2D eigenvalue weighted by atomic mass is 32.1. The van der Waals surface area contributed by atoms with E-state index in [-0.39, 0.29) is 6.42 Å². The first-order chi connectivity index (χ1) is 14.5. The van der Waals surface area contributed by atoms with Gasteiger partial charge in [-0.25, -0.2) is 0 Å². The highest BCUT2D eigenvalue weighted by molar-refractivity contribution is 7.16. The van der Waals surface area contributed by atoms with Crippen molar-refractivity contribution >= 4 is 27.5 Å². The molecule has 1 aromatic heterocycles. The Morgan fingerprint density at radius 2 is 2.03 bits per heavy atom. The molecule has 1 N–H and O–H groups in total. The fourth-order valence-electron chi connectivity index (χ4n) is 4.23. The van der Waals surface area contributed by atoms with Gasteiger partial charge in [-0.3, -0.25) is 9.79 Å². The Bertz CT molecular complexity index is 1120. The first kappa shape index (κ1) is 20.7. The molecule has 0 spiro atoms. The molecule has 0 amide bonds. The van der Waals surface area contributed by atoms with Crippen LogP contribution < -0.4 is 9.54 Å². The van der Waals surface area contributed by atoms with Gasteiger partial charge in [0.25, 0.3) is 0 Å². The molecule has 1 fully saturated rings. The van der Waals surface area contributed by atoms with E-state index in [1.165, 1.54) is 30.4 Å². The number of nitrogens with zero attached hydrogens (tertiary/aromatic N) is 2. The van der Waals surface area contributed by atoms with Gasteiger partial charge < -0.3 is 14.4 Å². The molecule has 1 heterocycles. The van der Waals surface area contributed by atoms with Crippen LogP contribution in [0.1, 0.15) is 37.7 Å². The molecule has 0 aliphatic heterocycles. The average molecular weight is 425 g/mol. The maximum atomic E-state index is 11.0. The van der Waals surface area contributed by atoms with Crippen molar-refractivity contribution in [1.29, 1.82) is 0 Å². The van der Waals surface area contributed by atoms with Gasteiger partial charge in [-0.15, -0.1) is 0 Å². The van der Waals surface area contributed by atoms with E-state index in [2.05, 4.69) is 33.8 Å². The molecule has 5 nitrogen and oxygen atoms in total. The van der Waals surface area contributed by atoms with Crippen molar-refractivity contribution in [2.75, 3.05) is 13.7 Å². The lowest BCUT2D eigenvalue weighted by Gasteiger charge is -2.16. The number of rotatable bonds is 7. The number of hydrogen-bond donors (Lipinski definition) is 1. The van der Waals surface area contributed by atoms with Crippen molar-refractivity contribution in [3.05, 3.63) is 46.8 Å². The van der Waals surface area contributed by atoms with Crippen LogP contribution in [0.25, 0.3) is 21.3 Å². The van der Waals surface area contributed by atoms with E-state index in [4.69, 9.17) is 9.84 Å². The lowest BCUT2D eigenvalue weighted by molar-refractivity contribution is -0.136. The average Bonchev–Trinajstić information content (AvgIpc) is 3.38. The summed E-state index contributed by atoms with van der Waals surface area (Å²) < 4.78 is 9.56. The molecule has 0 saturated heterocycles. The normalized spacial score (nSPS) is 15.2. The van der Waals surface area contributed by atoms with E-state index in [1.54, 1.807) is 11.3 Å². The fraction of sp³-hybridized carbons (Fsp3) is 0.417. The van der Waals surface area contributed by atoms with Crippen LogP contribution in [-0.2, 0) is 18.3 Å². The van der Waals surface area contributed by atoms with Crippen molar-refractivity contribution in [1.82, 2.24) is 4.57 Å². The first-order valence-electron chi connectivity index (χ1n) is 10.6. The van der Waals surface area contributed by atoms with E-state index >= 15 is 0 Å². The molecule has 158 valence electrons. The van der Waals surface area contributed by atoms with Crippen LogP contribution >= 0.6 is 11.3 Å². The van der Waals surface area contributed by atoms with Gasteiger partial charge in [0.05, 0.1) is 16.8 Å². The molecule has 1 aliphatic rings. The van der Waals surface area contributed by atoms with E-state index in [0.717, 1.165) is 39.4 Å². The third-order valence-corrected chi connectivity index (χ3v) is 7.12. The van der Waals surface area contributed by atoms with Gasteiger partial charge >= 0.3 is 5.97 Å². The molecular formula is C24H28N2O3S. The molecule has 2 aromatic carbocycles. The number of aryl methyl sites for hydroxylation is 2. The maximum Gasteiger partial charge on any atom is 0.303 e. The number of carboxylic acids is 1. The number of ether oxygens (including phenoxy) is 1. The minimum absolute atomic E-state index is 0.128. The Hall–Kier alpha value is -2.60. The van der Waals surface area contributed by atoms with Crippen molar-refractivity contribution in [2.45, 2.75) is 38.5 Å². The van der Waals surface area contributed by atoms with Gasteiger partial charge in [-0.1, -0.05) is 36.3 Å². The zero-order valence-corrected chi connectivity index (χ0v) is 18.4. The summed E-state index contributed by atoms with van der Waals surface area (Å²) in [6.07, 6.45) is 5.72. The van der Waals surface area contributed by atoms with E-state index in [9.17, 15) is 4.79 Å². The number of aliphatic carboxylic acids is 1. The first-order valence-corrected chi connectivity index (χ1v) is 11.4. The standard InChI is InChI=1S/C24H28N2O3S/c1-25-24-26(2)20-10-9-18(14-22(20)30-24)19-13-16(8-12-23(27)28)7-11-21(19)29-15-17-5-3-4-6-17/h7,9-11,13-14,17H,3-6,8,12,15H2,1-2H3,(H,27,28). The van der Waals surface area contributed by atoms with E-state index in [1.807, 2.05) is 26.2 Å². The lowest BCUT2D eigenvalue weighted by atomic mass is 9.99. The number of fused-ring (bicyclic) bond motifs is 1. The van der Waals surface area contributed by atoms with Gasteiger partial charge in [0.15, 0.2) is 4.80 Å². The highest BCUT2D eigenvalue weighted by Gasteiger charge is 2.17. The molecule has 1 saturated carbocycles. The van der Waals surface area contributed by atoms with Crippen molar-refractivity contribution < 1.29 is 14.6 Å². The van der Waals surface area contributed by atoms with Crippen LogP contribution in [0, 0.1) is 5.92 Å². The van der Waals surface area contributed by atoms with Gasteiger partial charge in [0.1, 0.15) is 5.75 Å². The summed E-state index contributed by atoms with van der Waals surface area (Å²) in [6, 6.07) is 12.5. The van der Waals surface area contributed by atoms with E-state index in [0.29, 0.717) is 12.3 Å². The molecular weight excluding hydrogens is 396 g/mol. The van der Waals surface area contributed by atoms with Crippen LogP contribution in [0.15, 0.2) is 41.4 Å². The third-order valence-electron chi connectivity index (χ3n) is 5.93. The summed E-state index contributed by atoms with van der Waals surface area (Å²) in [7, 11) is 3.84. The largest absolute Gasteiger partial charge is 0.493 e. The molecule has 0 bridgehead atoms. The van der Waals surface area contributed by atoms with Crippen LogP contribution in [-0.4, -0.2) is 29.3 Å². The van der Waals surface area contributed by atoms with Gasteiger partial charge in [-0.2, -0.15) is 0 Å². The number of carboxylic acid groups (broad SMARTS) is 1. The number of carbonyl (C=O) groups is 1. The van der Waals surface area contributed by atoms with Crippen molar-refractivity contribution in [3.8, 4) is 16.9 Å². The summed E-state index contributed by atoms with van der Waals surface area (Å²) >= 11 is 1.67. The monoisotopic (exact) mass is 424 g/mol. The van der Waals surface area contributed by atoms with Crippen LogP contribution in [0.3, 0.4) is 0 Å². The molecule has 4 rings (SSSR count). The molecule has 1 aliphatic carbocycles. The second-order valence-electron chi connectivity index (χ2n) is 8.04. The number of aromatic nitrogens is 1. The Morgan fingerprint density at radius 3 is 2.77 bits per heavy atom. The second-order valence-corrected chi connectivity index (χ2v) is 9.04. The third kappa shape index (κ3) is 4.43. The maximum absolute atomic E-state index is 11.0. The highest BCUT2D eigenvalue weighted by Crippen LogP contribution is 2.35. The van der Waals surface area contributed by atoms with Gasteiger partial charge in [-0.05, 0) is 60.6 Å². The minimum Gasteiger partial charge on any atom is -0.493 e. The van der Waals surface area contributed by atoms with Gasteiger partial charge in [0.2, 0.25) is 0 Å². The predicted octanol–water partition coefficient (Wildman–Crippen LogP) is 5.02. The lowest BCUT2D eigenvalue weighted by Crippen LogP contribution is -2.09. The number of thiazole rings is 1. The summed E-state index contributed by atoms with van der Waals surface area (Å²) in [4.78, 5) is 16.4. The van der Waals surface area contributed by atoms with Crippen LogP contribution in [0.4, 0.5) is 0 Å². The van der Waals surface area contributed by atoms with Gasteiger partial charge in [0, 0.05) is 26.1 Å². The quantitative estimate of drug-likeness (QED) is 0.579. The molecule has 30 heavy (non-hydrogen) atoms. The predicted molar refractivity (Wildman–Crippen MR) is 121 cm³/mol. The van der Waals surface area contributed by atoms with E-state index < -0.39 is 5.97 Å². The zero-order chi connectivity index (χ0) is 21.1. The zero-order valence-electron chi connectivity index (χ0n) is 17.6. The molecule has 3 aromatic rings. The Kier molecular flexibility index (Phi) is 6.23. The number of benzene rings is 2. The summed E-state index contributed by atoms with van der Waals surface area (Å²) in [5, 5.41) is 9.06. The Balaban J connectivity index is 1.71. The Labute approximate surface area is 180 Å². The van der Waals surface area contributed by atoms with Crippen molar-refractivity contribution in [3.63, 3.8) is 0 Å². The summed E-state index contributed by atoms with van der Waals surface area (Å²) in [5.41, 5.74) is 4.29. The molecule has 0 unspecified atom stereocenters. The number of hydrogen-bond acceptors (Lipinski definition) is 4. The Morgan fingerprint density at radius 1 is 1.23 bits per heavy atom. The molecule has 6 heteroatoms. The summed E-state index contributed by atoms with van der Waals surface area (Å²) in [5.74, 6) is 0.736. The van der Waals surface area contributed by atoms with Crippen LogP contribution in [0.5, 0.6) is 5.75 Å².